The Balaban J connectivity index is 2.44. The summed E-state index contributed by atoms with van der Waals surface area (Å²) < 4.78 is 5.08. The number of nitrogens with two attached hydrogens (primary N) is 1. The highest BCUT2D eigenvalue weighted by Gasteiger charge is 2.10. The van der Waals surface area contributed by atoms with Crippen molar-refractivity contribution in [1.82, 2.24) is 5.32 Å². The second-order valence-electron chi connectivity index (χ2n) is 4.67. The van der Waals surface area contributed by atoms with Crippen LogP contribution in [0, 0.1) is 0 Å². The van der Waals surface area contributed by atoms with E-state index in [0.717, 1.165) is 30.6 Å². The van der Waals surface area contributed by atoms with Crippen molar-refractivity contribution in [3.63, 3.8) is 0 Å². The summed E-state index contributed by atoms with van der Waals surface area (Å²) in [6.07, 6.45) is 3.53. The normalized spacial score (nSPS) is 11.9. The van der Waals surface area contributed by atoms with Crippen LogP contribution in [-0.4, -0.2) is 25.6 Å². The van der Waals surface area contributed by atoms with E-state index in [2.05, 4.69) is 12.2 Å². The van der Waals surface area contributed by atoms with Gasteiger partial charge in [0.15, 0.2) is 0 Å². The number of methoxy groups -OCH3 is 1. The summed E-state index contributed by atoms with van der Waals surface area (Å²) in [4.78, 5) is 11.9. The second-order valence-corrected chi connectivity index (χ2v) is 4.67. The maximum Gasteiger partial charge on any atom is 0.224 e. The molecule has 0 saturated heterocycles. The van der Waals surface area contributed by atoms with E-state index in [1.54, 1.807) is 7.11 Å². The van der Waals surface area contributed by atoms with Crippen LogP contribution in [-0.2, 0) is 11.2 Å². The van der Waals surface area contributed by atoms with E-state index < -0.39 is 0 Å². The van der Waals surface area contributed by atoms with E-state index in [0.29, 0.717) is 13.0 Å². The first kappa shape index (κ1) is 15.5. The standard InChI is InChI=1S/C15H24N2O2/c1-3-4-5-13(11-16)17-15(18)10-12-6-8-14(19-2)9-7-12/h6-9,13H,3-5,10-11,16H2,1-2H3,(H,17,18). The summed E-state index contributed by atoms with van der Waals surface area (Å²) in [7, 11) is 1.63. The highest BCUT2D eigenvalue weighted by Crippen LogP contribution is 2.11. The van der Waals surface area contributed by atoms with E-state index in [1.165, 1.54) is 0 Å². The van der Waals surface area contributed by atoms with Gasteiger partial charge in [0.05, 0.1) is 13.5 Å². The first-order chi connectivity index (χ1) is 9.19. The molecule has 0 radical (unpaired) electrons. The monoisotopic (exact) mass is 264 g/mol. The van der Waals surface area contributed by atoms with Gasteiger partial charge in [-0.1, -0.05) is 31.9 Å². The van der Waals surface area contributed by atoms with Crippen molar-refractivity contribution < 1.29 is 9.53 Å². The number of hydrogen-bond donors (Lipinski definition) is 2. The van der Waals surface area contributed by atoms with Gasteiger partial charge >= 0.3 is 0 Å². The fraction of sp³-hybridized carbons (Fsp3) is 0.533. The van der Waals surface area contributed by atoms with Crippen molar-refractivity contribution in [1.29, 1.82) is 0 Å². The lowest BCUT2D eigenvalue weighted by atomic mass is 10.1. The highest BCUT2D eigenvalue weighted by molar-refractivity contribution is 5.78. The smallest absolute Gasteiger partial charge is 0.224 e. The Morgan fingerprint density at radius 1 is 1.37 bits per heavy atom. The molecule has 1 aromatic carbocycles. The number of ether oxygens (including phenoxy) is 1. The molecule has 1 unspecified atom stereocenters. The minimum absolute atomic E-state index is 0.0247. The molecule has 19 heavy (non-hydrogen) atoms. The Labute approximate surface area is 115 Å². The van der Waals surface area contributed by atoms with Crippen LogP contribution in [0.2, 0.25) is 0 Å². The average molecular weight is 264 g/mol. The van der Waals surface area contributed by atoms with E-state index in [4.69, 9.17) is 10.5 Å². The molecule has 0 fully saturated rings. The van der Waals surface area contributed by atoms with E-state index >= 15 is 0 Å². The number of benzene rings is 1. The molecule has 1 aromatic rings. The van der Waals surface area contributed by atoms with Gasteiger partial charge in [0.25, 0.3) is 0 Å². The number of carbonyl (C=O) groups is 1. The summed E-state index contributed by atoms with van der Waals surface area (Å²) >= 11 is 0. The van der Waals surface area contributed by atoms with Crippen LogP contribution in [0.3, 0.4) is 0 Å². The Kier molecular flexibility index (Phi) is 6.97. The van der Waals surface area contributed by atoms with Crippen LogP contribution < -0.4 is 15.8 Å². The molecule has 0 aromatic heterocycles. The average Bonchev–Trinajstić information content (AvgIpc) is 2.44. The summed E-state index contributed by atoms with van der Waals surface area (Å²) in [6, 6.07) is 7.62. The summed E-state index contributed by atoms with van der Waals surface area (Å²) in [5.41, 5.74) is 6.64. The van der Waals surface area contributed by atoms with Gasteiger partial charge in [-0.15, -0.1) is 0 Å². The Hall–Kier alpha value is -1.55. The van der Waals surface area contributed by atoms with Crippen molar-refractivity contribution in [2.45, 2.75) is 38.6 Å². The van der Waals surface area contributed by atoms with Gasteiger partial charge in [-0.3, -0.25) is 4.79 Å². The van der Waals surface area contributed by atoms with Crippen LogP contribution in [0.5, 0.6) is 5.75 Å². The predicted molar refractivity (Wildman–Crippen MR) is 77.2 cm³/mol. The van der Waals surface area contributed by atoms with Gasteiger partial charge in [0.2, 0.25) is 5.91 Å². The molecule has 0 spiro atoms. The molecule has 0 bridgehead atoms. The third-order valence-corrected chi connectivity index (χ3v) is 3.08. The van der Waals surface area contributed by atoms with Gasteiger partial charge < -0.3 is 15.8 Å². The minimum Gasteiger partial charge on any atom is -0.497 e. The van der Waals surface area contributed by atoms with Crippen molar-refractivity contribution in [2.75, 3.05) is 13.7 Å². The van der Waals surface area contributed by atoms with Gasteiger partial charge in [-0.25, -0.2) is 0 Å². The van der Waals surface area contributed by atoms with Crippen molar-refractivity contribution >= 4 is 5.91 Å². The molecule has 0 aliphatic carbocycles. The number of amides is 1. The number of rotatable bonds is 8. The van der Waals surface area contributed by atoms with Crippen LogP contribution in [0.1, 0.15) is 31.7 Å². The topological polar surface area (TPSA) is 64.3 Å². The molecule has 0 saturated carbocycles. The Morgan fingerprint density at radius 2 is 2.05 bits per heavy atom. The molecular formula is C15H24N2O2. The fourth-order valence-electron chi connectivity index (χ4n) is 1.91. The van der Waals surface area contributed by atoms with Crippen LogP contribution in [0.4, 0.5) is 0 Å². The molecule has 1 amide bonds. The van der Waals surface area contributed by atoms with E-state index in [9.17, 15) is 4.79 Å². The Morgan fingerprint density at radius 3 is 2.58 bits per heavy atom. The predicted octanol–water partition coefficient (Wildman–Crippen LogP) is 1.87. The Bertz CT molecular complexity index is 376. The maximum atomic E-state index is 11.9. The zero-order valence-electron chi connectivity index (χ0n) is 11.8. The van der Waals surface area contributed by atoms with Crippen molar-refractivity contribution in [3.05, 3.63) is 29.8 Å². The van der Waals surface area contributed by atoms with E-state index in [-0.39, 0.29) is 11.9 Å². The van der Waals surface area contributed by atoms with E-state index in [1.807, 2.05) is 24.3 Å². The lowest BCUT2D eigenvalue weighted by molar-refractivity contribution is -0.121. The molecule has 1 rings (SSSR count). The maximum absolute atomic E-state index is 11.9. The molecule has 106 valence electrons. The number of hydrogen-bond acceptors (Lipinski definition) is 3. The van der Waals surface area contributed by atoms with Crippen LogP contribution in [0.15, 0.2) is 24.3 Å². The first-order valence-electron chi connectivity index (χ1n) is 6.82. The van der Waals surface area contributed by atoms with Crippen LogP contribution in [0.25, 0.3) is 0 Å². The summed E-state index contributed by atoms with van der Waals surface area (Å²) in [5, 5.41) is 2.98. The minimum atomic E-state index is 0.0247. The zero-order valence-corrected chi connectivity index (χ0v) is 11.8. The second kappa shape index (κ2) is 8.53. The summed E-state index contributed by atoms with van der Waals surface area (Å²) in [6.45, 7) is 2.63. The quantitative estimate of drug-likeness (QED) is 0.753. The van der Waals surface area contributed by atoms with Crippen LogP contribution >= 0.6 is 0 Å². The largest absolute Gasteiger partial charge is 0.497 e. The number of carbonyl (C=O) groups excluding carboxylic acids is 1. The van der Waals surface area contributed by atoms with Gasteiger partial charge in [0.1, 0.15) is 5.75 Å². The molecule has 4 nitrogen and oxygen atoms in total. The van der Waals surface area contributed by atoms with Gasteiger partial charge in [-0.05, 0) is 24.1 Å². The lowest BCUT2D eigenvalue weighted by Gasteiger charge is -2.16. The molecule has 0 aliphatic heterocycles. The molecule has 0 aliphatic rings. The molecule has 1 atom stereocenters. The van der Waals surface area contributed by atoms with Crippen molar-refractivity contribution in [3.8, 4) is 5.75 Å². The lowest BCUT2D eigenvalue weighted by Crippen LogP contribution is -2.40. The number of unbranched alkanes of at least 4 members (excludes halogenated alkanes) is 1. The highest BCUT2D eigenvalue weighted by atomic mass is 16.5. The fourth-order valence-corrected chi connectivity index (χ4v) is 1.91. The molecular weight excluding hydrogens is 240 g/mol. The molecule has 3 N–H and O–H groups in total. The third kappa shape index (κ3) is 5.75. The SMILES string of the molecule is CCCCC(CN)NC(=O)Cc1ccc(OC)cc1. The summed E-state index contributed by atoms with van der Waals surface area (Å²) in [5.74, 6) is 0.823. The van der Waals surface area contributed by atoms with Crippen molar-refractivity contribution in [2.24, 2.45) is 5.73 Å². The third-order valence-electron chi connectivity index (χ3n) is 3.08. The molecule has 4 heteroatoms. The number of nitrogens with one attached hydrogen (secondary N) is 1. The van der Waals surface area contributed by atoms with Gasteiger partial charge in [-0.2, -0.15) is 0 Å². The first-order valence-corrected chi connectivity index (χ1v) is 6.82. The van der Waals surface area contributed by atoms with Gasteiger partial charge in [0, 0.05) is 12.6 Å². The zero-order chi connectivity index (χ0) is 14.1. The molecule has 0 heterocycles.